The number of benzene rings is 3. The Labute approximate surface area is 233 Å². The summed E-state index contributed by atoms with van der Waals surface area (Å²) in [6.07, 6.45) is 3.33. The SMILES string of the molecule is Cc1cc(C)cc(NC(=O)CN2C(=O)S/C(=C\c3cn(CC(=O)Nc4ccc(F)cc4)c4ccccc34)C2=O)c1. The normalized spacial score (nSPS) is 14.3. The number of nitrogens with zero attached hydrogens (tertiary/aromatic N) is 2. The van der Waals surface area contributed by atoms with Crippen molar-refractivity contribution in [3.05, 3.63) is 100 Å². The van der Waals surface area contributed by atoms with Crippen LogP contribution in [0.2, 0.25) is 0 Å². The Morgan fingerprint density at radius 2 is 1.52 bits per heavy atom. The standard InChI is InChI=1S/C30H25FN4O4S/c1-18-11-19(2)13-23(12-18)33-28(37)17-35-29(38)26(40-30(35)39)14-20-15-34(25-6-4-3-5-24(20)25)16-27(36)32-22-9-7-21(31)8-10-22/h3-15H,16-17H2,1-2H3,(H,32,36)(H,33,37)/b26-14-. The van der Waals surface area contributed by atoms with Crippen molar-refractivity contribution in [3.8, 4) is 0 Å². The number of fused-ring (bicyclic) bond motifs is 1. The van der Waals surface area contributed by atoms with Gasteiger partial charge in [0.2, 0.25) is 11.8 Å². The van der Waals surface area contributed by atoms with Gasteiger partial charge >= 0.3 is 0 Å². The fourth-order valence-electron chi connectivity index (χ4n) is 4.58. The maximum absolute atomic E-state index is 13.2. The van der Waals surface area contributed by atoms with E-state index in [1.54, 1.807) is 16.8 Å². The third-order valence-electron chi connectivity index (χ3n) is 6.23. The van der Waals surface area contributed by atoms with Gasteiger partial charge in [-0.1, -0.05) is 24.3 Å². The molecule has 4 amide bonds. The molecule has 1 aliphatic rings. The molecule has 4 aromatic rings. The summed E-state index contributed by atoms with van der Waals surface area (Å²) in [7, 11) is 0. The van der Waals surface area contributed by atoms with Gasteiger partial charge in [-0.2, -0.15) is 0 Å². The number of aryl methyl sites for hydroxylation is 2. The summed E-state index contributed by atoms with van der Waals surface area (Å²) in [5, 5.41) is 5.74. The molecule has 40 heavy (non-hydrogen) atoms. The molecular weight excluding hydrogens is 531 g/mol. The maximum atomic E-state index is 13.2. The van der Waals surface area contributed by atoms with Crippen LogP contribution in [-0.2, 0) is 20.9 Å². The minimum atomic E-state index is -0.559. The van der Waals surface area contributed by atoms with Crippen LogP contribution in [0.3, 0.4) is 0 Å². The number of aromatic nitrogens is 1. The van der Waals surface area contributed by atoms with Crippen LogP contribution in [0.4, 0.5) is 20.6 Å². The highest BCUT2D eigenvalue weighted by Crippen LogP contribution is 2.34. The zero-order valence-corrected chi connectivity index (χ0v) is 22.5. The number of rotatable bonds is 7. The van der Waals surface area contributed by atoms with E-state index in [0.29, 0.717) is 16.9 Å². The lowest BCUT2D eigenvalue weighted by Crippen LogP contribution is -2.36. The lowest BCUT2D eigenvalue weighted by molar-refractivity contribution is -0.127. The smallest absolute Gasteiger partial charge is 0.294 e. The van der Waals surface area contributed by atoms with Gasteiger partial charge in [0.25, 0.3) is 11.1 Å². The van der Waals surface area contributed by atoms with Crippen molar-refractivity contribution in [2.45, 2.75) is 20.4 Å². The summed E-state index contributed by atoms with van der Waals surface area (Å²) < 4.78 is 14.9. The Morgan fingerprint density at radius 3 is 2.25 bits per heavy atom. The molecule has 0 radical (unpaired) electrons. The molecule has 1 fully saturated rings. The van der Waals surface area contributed by atoms with E-state index in [1.165, 1.54) is 24.3 Å². The van der Waals surface area contributed by atoms with Gasteiger partial charge in [0.15, 0.2) is 0 Å². The van der Waals surface area contributed by atoms with E-state index in [4.69, 9.17) is 0 Å². The van der Waals surface area contributed by atoms with Crippen LogP contribution in [-0.4, -0.2) is 39.0 Å². The number of carbonyl (C=O) groups excluding carboxylic acids is 4. The van der Waals surface area contributed by atoms with Gasteiger partial charge in [-0.3, -0.25) is 24.1 Å². The van der Waals surface area contributed by atoms with Gasteiger partial charge in [-0.25, -0.2) is 4.39 Å². The predicted octanol–water partition coefficient (Wildman–Crippen LogP) is 5.71. The number of hydrogen-bond donors (Lipinski definition) is 2. The molecule has 1 aliphatic heterocycles. The molecule has 5 rings (SSSR count). The topological polar surface area (TPSA) is 101 Å². The minimum Gasteiger partial charge on any atom is -0.337 e. The minimum absolute atomic E-state index is 0.0220. The Kier molecular flexibility index (Phi) is 7.52. The highest BCUT2D eigenvalue weighted by Gasteiger charge is 2.36. The first kappa shape index (κ1) is 26.9. The molecule has 2 N–H and O–H groups in total. The van der Waals surface area contributed by atoms with Crippen molar-refractivity contribution in [2.24, 2.45) is 0 Å². The molecule has 0 bridgehead atoms. The number of para-hydroxylation sites is 1. The zero-order chi connectivity index (χ0) is 28.4. The lowest BCUT2D eigenvalue weighted by atomic mass is 10.1. The number of halogens is 1. The molecule has 0 spiro atoms. The van der Waals surface area contributed by atoms with E-state index >= 15 is 0 Å². The summed E-state index contributed by atoms with van der Waals surface area (Å²) in [5.74, 6) is -1.74. The van der Waals surface area contributed by atoms with Crippen LogP contribution < -0.4 is 10.6 Å². The second-order valence-corrected chi connectivity index (χ2v) is 10.5. The molecule has 0 saturated carbocycles. The highest BCUT2D eigenvalue weighted by molar-refractivity contribution is 8.18. The second-order valence-electron chi connectivity index (χ2n) is 9.48. The van der Waals surface area contributed by atoms with Crippen LogP contribution in [0.5, 0.6) is 0 Å². The monoisotopic (exact) mass is 556 g/mol. The summed E-state index contributed by atoms with van der Waals surface area (Å²) in [4.78, 5) is 52.2. The number of nitrogens with one attached hydrogen (secondary N) is 2. The van der Waals surface area contributed by atoms with Gasteiger partial charge in [-0.15, -0.1) is 0 Å². The fraction of sp³-hybridized carbons (Fsp3) is 0.133. The number of hydrogen-bond acceptors (Lipinski definition) is 5. The van der Waals surface area contributed by atoms with Gasteiger partial charge in [0.1, 0.15) is 18.9 Å². The number of amides is 4. The maximum Gasteiger partial charge on any atom is 0.294 e. The van der Waals surface area contributed by atoms with Crippen molar-refractivity contribution in [1.29, 1.82) is 0 Å². The van der Waals surface area contributed by atoms with Crippen molar-refractivity contribution < 1.29 is 23.6 Å². The summed E-state index contributed by atoms with van der Waals surface area (Å²) in [6, 6.07) is 18.5. The van der Waals surface area contributed by atoms with Crippen molar-refractivity contribution in [3.63, 3.8) is 0 Å². The van der Waals surface area contributed by atoms with Gasteiger partial charge < -0.3 is 15.2 Å². The summed E-state index contributed by atoms with van der Waals surface area (Å²) >= 11 is 0.764. The molecule has 8 nitrogen and oxygen atoms in total. The van der Waals surface area contributed by atoms with E-state index in [0.717, 1.165) is 38.7 Å². The van der Waals surface area contributed by atoms with E-state index < -0.39 is 29.4 Å². The largest absolute Gasteiger partial charge is 0.337 e. The molecule has 0 aliphatic carbocycles. The fourth-order valence-corrected chi connectivity index (χ4v) is 5.41. The quantitative estimate of drug-likeness (QED) is 0.284. The predicted molar refractivity (Wildman–Crippen MR) is 154 cm³/mol. The Balaban J connectivity index is 1.32. The number of carbonyl (C=O) groups is 4. The Bertz CT molecular complexity index is 1670. The molecule has 202 valence electrons. The Morgan fingerprint density at radius 1 is 0.875 bits per heavy atom. The third-order valence-corrected chi connectivity index (χ3v) is 7.14. The summed E-state index contributed by atoms with van der Waals surface area (Å²) in [6.45, 7) is 3.41. The average molecular weight is 557 g/mol. The molecule has 2 heterocycles. The molecule has 1 saturated heterocycles. The van der Waals surface area contributed by atoms with Crippen LogP contribution >= 0.6 is 11.8 Å². The molecular formula is C30H25FN4O4S. The molecule has 3 aromatic carbocycles. The Hall–Kier alpha value is -4.70. The molecule has 10 heteroatoms. The first-order chi connectivity index (χ1) is 19.2. The van der Waals surface area contributed by atoms with Gasteiger partial charge in [0, 0.05) is 34.0 Å². The van der Waals surface area contributed by atoms with E-state index in [1.807, 2.05) is 56.3 Å². The van der Waals surface area contributed by atoms with E-state index in [-0.39, 0.29) is 17.4 Å². The van der Waals surface area contributed by atoms with E-state index in [2.05, 4.69) is 10.6 Å². The number of imide groups is 1. The van der Waals surface area contributed by atoms with Crippen molar-refractivity contribution >= 4 is 63.1 Å². The first-order valence-corrected chi connectivity index (χ1v) is 13.2. The molecule has 1 aromatic heterocycles. The van der Waals surface area contributed by atoms with Crippen molar-refractivity contribution in [2.75, 3.05) is 17.2 Å². The third kappa shape index (κ3) is 5.97. The highest BCUT2D eigenvalue weighted by atomic mass is 32.2. The van der Waals surface area contributed by atoms with Crippen LogP contribution in [0, 0.1) is 19.7 Å². The van der Waals surface area contributed by atoms with Crippen molar-refractivity contribution in [1.82, 2.24) is 9.47 Å². The average Bonchev–Trinajstić information content (AvgIpc) is 3.36. The molecule has 0 atom stereocenters. The van der Waals surface area contributed by atoms with Crippen LogP contribution in [0.15, 0.2) is 77.8 Å². The summed E-state index contributed by atoms with van der Waals surface area (Å²) in [5.41, 5.74) is 4.44. The van der Waals surface area contributed by atoms with Gasteiger partial charge in [0.05, 0.1) is 4.91 Å². The number of anilines is 2. The molecule has 0 unspecified atom stereocenters. The van der Waals surface area contributed by atoms with Crippen LogP contribution in [0.25, 0.3) is 17.0 Å². The zero-order valence-electron chi connectivity index (χ0n) is 21.7. The van der Waals surface area contributed by atoms with E-state index in [9.17, 15) is 23.6 Å². The number of thioether (sulfide) groups is 1. The first-order valence-electron chi connectivity index (χ1n) is 12.4. The lowest BCUT2D eigenvalue weighted by Gasteiger charge is -2.13. The van der Waals surface area contributed by atoms with Gasteiger partial charge in [-0.05, 0) is 85.3 Å². The second kappa shape index (κ2) is 11.2. The van der Waals surface area contributed by atoms with Crippen LogP contribution in [0.1, 0.15) is 16.7 Å².